The third kappa shape index (κ3) is 4.34. The summed E-state index contributed by atoms with van der Waals surface area (Å²) in [6.45, 7) is 3.52. The molecule has 136 valence electrons. The van der Waals surface area contributed by atoms with Crippen molar-refractivity contribution in [3.05, 3.63) is 23.8 Å². The molecule has 3 N–H and O–H groups in total. The molecule has 1 saturated heterocycles. The van der Waals surface area contributed by atoms with E-state index in [4.69, 9.17) is 5.73 Å². The number of likely N-dealkylation sites (tertiary alicyclic amines) is 1. The Morgan fingerprint density at radius 2 is 1.84 bits per heavy atom. The van der Waals surface area contributed by atoms with Crippen molar-refractivity contribution < 1.29 is 9.59 Å². The van der Waals surface area contributed by atoms with Crippen LogP contribution in [0.4, 0.5) is 0 Å². The summed E-state index contributed by atoms with van der Waals surface area (Å²) in [4.78, 5) is 34.8. The second-order valence-corrected chi connectivity index (χ2v) is 7.19. The number of aromatic nitrogens is 2. The maximum Gasteiger partial charge on any atom is 0.271 e. The standard InChI is InChI=1S/C18H27N5O2/c1-12-10-21-15(11-20-12)17(24)22-14-6-4-13(5-7-14)16(19)18(25)23-8-2-3-9-23/h10-11,13-14,16H,2-9,19H2,1H3,(H,22,24)/t13?,14?,16-/m0/s1. The van der Waals surface area contributed by atoms with Crippen LogP contribution in [0.2, 0.25) is 0 Å². The van der Waals surface area contributed by atoms with Crippen LogP contribution in [0.15, 0.2) is 12.4 Å². The van der Waals surface area contributed by atoms with Gasteiger partial charge in [-0.05, 0) is 51.4 Å². The quantitative estimate of drug-likeness (QED) is 0.848. The molecule has 1 saturated carbocycles. The van der Waals surface area contributed by atoms with Crippen molar-refractivity contribution in [1.82, 2.24) is 20.2 Å². The van der Waals surface area contributed by atoms with E-state index in [1.165, 1.54) is 6.20 Å². The fraction of sp³-hybridized carbons (Fsp3) is 0.667. The number of hydrogen-bond donors (Lipinski definition) is 2. The molecule has 2 aliphatic rings. The summed E-state index contributed by atoms with van der Waals surface area (Å²) in [5.41, 5.74) is 7.35. The summed E-state index contributed by atoms with van der Waals surface area (Å²) in [6, 6.07) is -0.293. The van der Waals surface area contributed by atoms with Crippen molar-refractivity contribution in [3.8, 4) is 0 Å². The van der Waals surface area contributed by atoms with Crippen LogP contribution in [0.5, 0.6) is 0 Å². The molecule has 0 aromatic carbocycles. The van der Waals surface area contributed by atoms with Crippen molar-refractivity contribution >= 4 is 11.8 Å². The third-order valence-electron chi connectivity index (χ3n) is 5.33. The zero-order valence-electron chi connectivity index (χ0n) is 14.8. The average molecular weight is 345 g/mol. The van der Waals surface area contributed by atoms with E-state index in [2.05, 4.69) is 15.3 Å². The van der Waals surface area contributed by atoms with Gasteiger partial charge in [0.1, 0.15) is 5.69 Å². The van der Waals surface area contributed by atoms with Gasteiger partial charge in [-0.25, -0.2) is 4.98 Å². The van der Waals surface area contributed by atoms with Gasteiger partial charge in [0, 0.05) is 25.3 Å². The summed E-state index contributed by atoms with van der Waals surface area (Å²) < 4.78 is 0. The van der Waals surface area contributed by atoms with E-state index in [0.29, 0.717) is 5.69 Å². The number of nitrogens with one attached hydrogen (secondary N) is 1. The van der Waals surface area contributed by atoms with Crippen LogP contribution in [0.1, 0.15) is 54.7 Å². The fourth-order valence-electron chi connectivity index (χ4n) is 3.74. The molecule has 25 heavy (non-hydrogen) atoms. The Balaban J connectivity index is 1.47. The number of carbonyl (C=O) groups is 2. The molecule has 2 heterocycles. The number of nitrogens with two attached hydrogens (primary N) is 1. The summed E-state index contributed by atoms with van der Waals surface area (Å²) in [5, 5.41) is 3.02. The largest absolute Gasteiger partial charge is 0.348 e. The number of carbonyl (C=O) groups excluding carboxylic acids is 2. The molecule has 1 aliphatic carbocycles. The molecule has 3 rings (SSSR count). The van der Waals surface area contributed by atoms with E-state index in [0.717, 1.165) is 57.3 Å². The highest BCUT2D eigenvalue weighted by Gasteiger charge is 2.33. The molecule has 1 aromatic heterocycles. The van der Waals surface area contributed by atoms with E-state index in [1.54, 1.807) is 6.20 Å². The van der Waals surface area contributed by atoms with Crippen LogP contribution < -0.4 is 11.1 Å². The minimum absolute atomic E-state index is 0.0971. The second-order valence-electron chi connectivity index (χ2n) is 7.19. The number of amides is 2. The van der Waals surface area contributed by atoms with Crippen molar-refractivity contribution in [2.75, 3.05) is 13.1 Å². The number of aryl methyl sites for hydroxylation is 1. The molecular formula is C18H27N5O2. The molecule has 1 aromatic rings. The number of nitrogens with zero attached hydrogens (tertiary/aromatic N) is 3. The van der Waals surface area contributed by atoms with Gasteiger partial charge in [-0.1, -0.05) is 0 Å². The van der Waals surface area contributed by atoms with Crippen LogP contribution in [0, 0.1) is 12.8 Å². The van der Waals surface area contributed by atoms with Crippen LogP contribution in [-0.4, -0.2) is 51.9 Å². The Morgan fingerprint density at radius 3 is 2.44 bits per heavy atom. The number of hydrogen-bond acceptors (Lipinski definition) is 5. The molecule has 7 nitrogen and oxygen atoms in total. The summed E-state index contributed by atoms with van der Waals surface area (Å²) >= 11 is 0. The van der Waals surface area contributed by atoms with E-state index < -0.39 is 6.04 Å². The van der Waals surface area contributed by atoms with Crippen molar-refractivity contribution in [1.29, 1.82) is 0 Å². The second kappa shape index (κ2) is 7.91. The molecule has 2 fully saturated rings. The SMILES string of the molecule is Cc1cnc(C(=O)NC2CCC([C@H](N)C(=O)N3CCCC3)CC2)cn1. The van der Waals surface area contributed by atoms with E-state index in [9.17, 15) is 9.59 Å². The van der Waals surface area contributed by atoms with Crippen LogP contribution in [-0.2, 0) is 4.79 Å². The Hall–Kier alpha value is -2.02. The van der Waals surface area contributed by atoms with Gasteiger partial charge in [-0.2, -0.15) is 0 Å². The van der Waals surface area contributed by atoms with Gasteiger partial charge < -0.3 is 16.0 Å². The maximum atomic E-state index is 12.4. The molecule has 0 bridgehead atoms. The predicted molar refractivity (Wildman–Crippen MR) is 93.8 cm³/mol. The van der Waals surface area contributed by atoms with Gasteiger partial charge in [0.25, 0.3) is 5.91 Å². The number of rotatable bonds is 4. The highest BCUT2D eigenvalue weighted by molar-refractivity contribution is 5.92. The molecular weight excluding hydrogens is 318 g/mol. The highest BCUT2D eigenvalue weighted by atomic mass is 16.2. The minimum Gasteiger partial charge on any atom is -0.348 e. The van der Waals surface area contributed by atoms with Gasteiger partial charge in [0.15, 0.2) is 0 Å². The molecule has 1 atom stereocenters. The van der Waals surface area contributed by atoms with Crippen LogP contribution >= 0.6 is 0 Å². The third-order valence-corrected chi connectivity index (χ3v) is 5.33. The summed E-state index contributed by atoms with van der Waals surface area (Å²) in [5.74, 6) is 0.119. The lowest BCUT2D eigenvalue weighted by atomic mass is 9.81. The average Bonchev–Trinajstić information content (AvgIpc) is 3.16. The first-order valence-corrected chi connectivity index (χ1v) is 9.18. The smallest absolute Gasteiger partial charge is 0.271 e. The lowest BCUT2D eigenvalue weighted by Crippen LogP contribution is -2.49. The maximum absolute atomic E-state index is 12.4. The highest BCUT2D eigenvalue weighted by Crippen LogP contribution is 2.27. The topological polar surface area (TPSA) is 101 Å². The fourth-order valence-corrected chi connectivity index (χ4v) is 3.74. The van der Waals surface area contributed by atoms with Crippen molar-refractivity contribution in [2.45, 2.75) is 57.5 Å². The van der Waals surface area contributed by atoms with E-state index in [1.807, 2.05) is 11.8 Å². The lowest BCUT2D eigenvalue weighted by Gasteiger charge is -2.33. The van der Waals surface area contributed by atoms with Gasteiger partial charge >= 0.3 is 0 Å². The Bertz CT molecular complexity index is 604. The zero-order valence-corrected chi connectivity index (χ0v) is 14.8. The van der Waals surface area contributed by atoms with E-state index in [-0.39, 0.29) is 23.8 Å². The van der Waals surface area contributed by atoms with Crippen molar-refractivity contribution in [2.24, 2.45) is 11.7 Å². The minimum atomic E-state index is -0.405. The van der Waals surface area contributed by atoms with Gasteiger partial charge in [-0.3, -0.25) is 14.6 Å². The predicted octanol–water partition coefficient (Wildman–Crippen LogP) is 1.02. The molecule has 1 aliphatic heterocycles. The van der Waals surface area contributed by atoms with Crippen LogP contribution in [0.3, 0.4) is 0 Å². The van der Waals surface area contributed by atoms with E-state index >= 15 is 0 Å². The molecule has 0 radical (unpaired) electrons. The van der Waals surface area contributed by atoms with Gasteiger partial charge in [-0.15, -0.1) is 0 Å². The van der Waals surface area contributed by atoms with Crippen molar-refractivity contribution in [3.63, 3.8) is 0 Å². The van der Waals surface area contributed by atoms with Gasteiger partial charge in [0.05, 0.1) is 17.9 Å². The lowest BCUT2D eigenvalue weighted by molar-refractivity contribution is -0.133. The molecule has 2 amide bonds. The molecule has 0 spiro atoms. The Labute approximate surface area is 148 Å². The zero-order chi connectivity index (χ0) is 17.8. The first-order valence-electron chi connectivity index (χ1n) is 9.18. The molecule has 7 heteroatoms. The summed E-state index contributed by atoms with van der Waals surface area (Å²) in [6.07, 6.45) is 8.68. The molecule has 0 unspecified atom stereocenters. The monoisotopic (exact) mass is 345 g/mol. The first kappa shape index (κ1) is 17.8. The normalized spacial score (nSPS) is 24.8. The Morgan fingerprint density at radius 1 is 1.16 bits per heavy atom. The first-order chi connectivity index (χ1) is 12.0. The summed E-state index contributed by atoms with van der Waals surface area (Å²) in [7, 11) is 0. The van der Waals surface area contributed by atoms with Gasteiger partial charge in [0.2, 0.25) is 5.91 Å². The van der Waals surface area contributed by atoms with Crippen LogP contribution in [0.25, 0.3) is 0 Å². The Kier molecular flexibility index (Phi) is 5.63.